The van der Waals surface area contributed by atoms with Crippen molar-refractivity contribution in [1.29, 1.82) is 0 Å². The molecule has 1 aliphatic rings. The molecule has 4 rings (SSSR count). The Morgan fingerprint density at radius 2 is 1.79 bits per heavy atom. The molecule has 0 bridgehead atoms. The third-order valence-corrected chi connectivity index (χ3v) is 5.74. The third kappa shape index (κ3) is 5.46. The van der Waals surface area contributed by atoms with Crippen LogP contribution in [0.15, 0.2) is 59.3 Å². The highest BCUT2D eigenvalue weighted by atomic mass is 32.1. The van der Waals surface area contributed by atoms with Crippen LogP contribution in [0.1, 0.15) is 43.4 Å². The number of hydrogen-bond acceptors (Lipinski definition) is 3. The minimum absolute atomic E-state index is 0.605. The zero-order chi connectivity index (χ0) is 19.8. The Bertz CT molecular complexity index is 839. The molecule has 2 N–H and O–H groups in total. The van der Waals surface area contributed by atoms with Gasteiger partial charge in [0.25, 0.3) is 0 Å². The third-order valence-electron chi connectivity index (χ3n) is 5.06. The van der Waals surface area contributed by atoms with Crippen LogP contribution in [0.2, 0.25) is 0 Å². The van der Waals surface area contributed by atoms with Gasteiger partial charge in [0.1, 0.15) is 12.4 Å². The summed E-state index contributed by atoms with van der Waals surface area (Å²) in [5, 5.41) is 4.28. The highest BCUT2D eigenvalue weighted by molar-refractivity contribution is 7.08. The van der Waals surface area contributed by atoms with Crippen LogP contribution in [0.5, 0.6) is 5.75 Å². The average molecular weight is 394 g/mol. The van der Waals surface area contributed by atoms with Gasteiger partial charge >= 0.3 is 0 Å². The molecule has 148 valence electrons. The number of hydrogen-bond donors (Lipinski definition) is 1. The molecule has 0 saturated heterocycles. The van der Waals surface area contributed by atoms with Crippen LogP contribution in [0.4, 0.5) is 0 Å². The molecule has 28 heavy (non-hydrogen) atoms. The molecule has 3 aromatic rings. The molecular formula is C25H31NOS. The van der Waals surface area contributed by atoms with Crippen molar-refractivity contribution in [3.63, 3.8) is 0 Å². The Hall–Kier alpha value is -2.10. The monoisotopic (exact) mass is 393 g/mol. The lowest BCUT2D eigenvalue weighted by molar-refractivity contribution is 0.305. The summed E-state index contributed by atoms with van der Waals surface area (Å²) in [5.41, 5.74) is 12.4. The molecule has 3 heteroatoms. The fourth-order valence-corrected chi connectivity index (χ4v) is 4.15. The molecule has 0 aliphatic heterocycles. The van der Waals surface area contributed by atoms with Crippen molar-refractivity contribution in [2.75, 3.05) is 6.54 Å². The van der Waals surface area contributed by atoms with Crippen LogP contribution in [0.25, 0.3) is 11.1 Å². The fourth-order valence-electron chi connectivity index (χ4n) is 3.49. The highest BCUT2D eigenvalue weighted by Crippen LogP contribution is 2.29. The normalized spacial score (nSPS) is 15.3. The molecule has 0 amide bonds. The van der Waals surface area contributed by atoms with Gasteiger partial charge in [-0.05, 0) is 88.5 Å². The molecule has 1 aliphatic carbocycles. The van der Waals surface area contributed by atoms with E-state index in [0.29, 0.717) is 12.5 Å². The van der Waals surface area contributed by atoms with Crippen molar-refractivity contribution in [2.24, 2.45) is 11.7 Å². The smallest absolute Gasteiger partial charge is 0.120 e. The number of thiophene rings is 1. The van der Waals surface area contributed by atoms with Gasteiger partial charge in [0.2, 0.25) is 0 Å². The second-order valence-electron chi connectivity index (χ2n) is 7.48. The second-order valence-corrected chi connectivity index (χ2v) is 8.26. The molecule has 0 radical (unpaired) electrons. The topological polar surface area (TPSA) is 35.2 Å². The van der Waals surface area contributed by atoms with Crippen molar-refractivity contribution in [1.82, 2.24) is 0 Å². The molecular weight excluding hydrogens is 362 g/mol. The predicted octanol–water partition coefficient (Wildman–Crippen LogP) is 6.47. The van der Waals surface area contributed by atoms with Gasteiger partial charge in [-0.2, -0.15) is 11.3 Å². The lowest BCUT2D eigenvalue weighted by Gasteiger charge is -2.23. The summed E-state index contributed by atoms with van der Waals surface area (Å²) in [6.07, 6.45) is 4.66. The van der Waals surface area contributed by atoms with E-state index in [2.05, 4.69) is 73.1 Å². The Labute approximate surface area is 173 Å². The molecule has 0 fully saturated rings. The molecule has 1 aromatic heterocycles. The maximum absolute atomic E-state index is 6.02. The maximum atomic E-state index is 6.02. The minimum atomic E-state index is 0.605. The van der Waals surface area contributed by atoms with E-state index in [-0.39, 0.29) is 0 Å². The number of rotatable bonds is 5. The van der Waals surface area contributed by atoms with Gasteiger partial charge in [0.15, 0.2) is 0 Å². The van der Waals surface area contributed by atoms with Crippen LogP contribution >= 0.6 is 11.3 Å². The lowest BCUT2D eigenvalue weighted by atomic mass is 9.84. The maximum Gasteiger partial charge on any atom is 0.120 e. The first-order valence-electron chi connectivity index (χ1n) is 10.3. The summed E-state index contributed by atoms with van der Waals surface area (Å²) < 4.78 is 6.02. The van der Waals surface area contributed by atoms with Gasteiger partial charge < -0.3 is 10.5 Å². The number of benzene rings is 2. The van der Waals surface area contributed by atoms with Crippen molar-refractivity contribution < 1.29 is 4.74 Å². The summed E-state index contributed by atoms with van der Waals surface area (Å²) in [4.78, 5) is 0. The average Bonchev–Trinajstić information content (AvgIpc) is 3.27. The molecule has 1 heterocycles. The Balaban J connectivity index is 0.000000706. The van der Waals surface area contributed by atoms with Crippen molar-refractivity contribution in [3.8, 4) is 16.9 Å². The van der Waals surface area contributed by atoms with Crippen LogP contribution in [-0.4, -0.2) is 6.54 Å². The minimum Gasteiger partial charge on any atom is -0.489 e. The Kier molecular flexibility index (Phi) is 7.70. The van der Waals surface area contributed by atoms with Gasteiger partial charge in [0.05, 0.1) is 0 Å². The number of fused-ring (bicyclic) bond motifs is 1. The summed E-state index contributed by atoms with van der Waals surface area (Å²) in [5.74, 6) is 1.60. The SMILES string of the molecule is CCC.NCC1CCc2cc(OCc3ccc(-c4ccsc4)cc3)ccc2C1. The van der Waals surface area contributed by atoms with Crippen molar-refractivity contribution in [2.45, 2.75) is 46.1 Å². The summed E-state index contributed by atoms with van der Waals surface area (Å²) in [6, 6.07) is 17.3. The van der Waals surface area contributed by atoms with Crippen LogP contribution in [0.3, 0.4) is 0 Å². The van der Waals surface area contributed by atoms with Crippen LogP contribution in [0, 0.1) is 5.92 Å². The van der Waals surface area contributed by atoms with E-state index in [9.17, 15) is 0 Å². The lowest BCUT2D eigenvalue weighted by Crippen LogP contribution is -2.22. The highest BCUT2D eigenvalue weighted by Gasteiger charge is 2.17. The van der Waals surface area contributed by atoms with E-state index in [1.807, 2.05) is 0 Å². The first kappa shape index (κ1) is 20.6. The zero-order valence-corrected chi connectivity index (χ0v) is 17.8. The van der Waals surface area contributed by atoms with Gasteiger partial charge in [-0.3, -0.25) is 0 Å². The molecule has 1 atom stereocenters. The largest absolute Gasteiger partial charge is 0.489 e. The molecule has 2 aromatic carbocycles. The van der Waals surface area contributed by atoms with Gasteiger partial charge in [-0.15, -0.1) is 0 Å². The van der Waals surface area contributed by atoms with Gasteiger partial charge in [-0.1, -0.05) is 50.6 Å². The van der Waals surface area contributed by atoms with E-state index in [1.54, 1.807) is 11.3 Å². The molecule has 0 spiro atoms. The number of ether oxygens (including phenoxy) is 1. The molecule has 0 saturated carbocycles. The van der Waals surface area contributed by atoms with E-state index < -0.39 is 0 Å². The van der Waals surface area contributed by atoms with Crippen LogP contribution < -0.4 is 10.5 Å². The molecule has 1 unspecified atom stereocenters. The van der Waals surface area contributed by atoms with Crippen molar-refractivity contribution in [3.05, 3.63) is 76.0 Å². The summed E-state index contributed by atoms with van der Waals surface area (Å²) >= 11 is 1.73. The van der Waals surface area contributed by atoms with E-state index in [1.165, 1.54) is 40.7 Å². The van der Waals surface area contributed by atoms with Crippen LogP contribution in [-0.2, 0) is 19.4 Å². The quantitative estimate of drug-likeness (QED) is 0.539. The number of nitrogens with two attached hydrogens (primary N) is 1. The van der Waals surface area contributed by atoms with E-state index >= 15 is 0 Å². The fraction of sp³-hybridized carbons (Fsp3) is 0.360. The van der Waals surface area contributed by atoms with E-state index in [0.717, 1.165) is 25.1 Å². The standard InChI is InChI=1S/C22H23NOS.C3H8/c23-13-17-3-6-20-12-22(8-7-19(20)11-17)24-14-16-1-4-18(5-2-16)21-9-10-25-15-21;1-3-2/h1-2,4-5,7-10,12,15,17H,3,6,11,13-14,23H2;3H2,1-2H3. The number of aryl methyl sites for hydroxylation is 1. The van der Waals surface area contributed by atoms with Gasteiger partial charge in [0, 0.05) is 0 Å². The van der Waals surface area contributed by atoms with Crippen molar-refractivity contribution >= 4 is 11.3 Å². The first-order valence-corrected chi connectivity index (χ1v) is 11.2. The first-order chi connectivity index (χ1) is 13.7. The van der Waals surface area contributed by atoms with Gasteiger partial charge in [-0.25, -0.2) is 0 Å². The summed E-state index contributed by atoms with van der Waals surface area (Å²) in [6.45, 7) is 5.65. The zero-order valence-electron chi connectivity index (χ0n) is 17.0. The molecule has 2 nitrogen and oxygen atoms in total. The Morgan fingerprint density at radius 1 is 1.00 bits per heavy atom. The predicted molar refractivity (Wildman–Crippen MR) is 121 cm³/mol. The summed E-state index contributed by atoms with van der Waals surface area (Å²) in [7, 11) is 0. The van der Waals surface area contributed by atoms with E-state index in [4.69, 9.17) is 10.5 Å². The second kappa shape index (κ2) is 10.4. The Morgan fingerprint density at radius 3 is 2.46 bits per heavy atom.